The number of methoxy groups -OCH3 is 1. The first-order chi connectivity index (χ1) is 13.8. The van der Waals surface area contributed by atoms with Gasteiger partial charge >= 0.3 is 5.69 Å². The number of hydrogen-bond donors (Lipinski definition) is 2. The maximum absolute atomic E-state index is 12.6. The van der Waals surface area contributed by atoms with Gasteiger partial charge in [0.1, 0.15) is 0 Å². The van der Waals surface area contributed by atoms with Crippen molar-refractivity contribution in [2.24, 2.45) is 0 Å². The smallest absolute Gasteiger partial charge is 0.315 e. The molecule has 0 saturated carbocycles. The van der Waals surface area contributed by atoms with Gasteiger partial charge < -0.3 is 9.84 Å². The molecular formula is C18H13N3O6S2. The summed E-state index contributed by atoms with van der Waals surface area (Å²) in [7, 11) is 1.25. The molecule has 0 unspecified atom stereocenters. The van der Waals surface area contributed by atoms with Crippen molar-refractivity contribution < 1.29 is 24.4 Å². The molecular weight excluding hydrogens is 418 g/mol. The molecule has 0 atom stereocenters. The monoisotopic (exact) mass is 431 g/mol. The molecule has 2 aromatic rings. The van der Waals surface area contributed by atoms with E-state index in [1.165, 1.54) is 19.3 Å². The number of nitrogens with one attached hydrogen (secondary N) is 1. The average Bonchev–Trinajstić information content (AvgIpc) is 2.96. The molecule has 148 valence electrons. The standard InChI is InChI=1S/C18H13N3O6S2/c1-27-13-8-10(7-12(15(13)22)21(25)26)9-14-17(24)20(18(28)29-14)19-16(23)11-5-3-2-4-6-11/h2-9,22H,1H3,(H,19,23). The second kappa shape index (κ2) is 8.29. The van der Waals surface area contributed by atoms with Crippen LogP contribution >= 0.6 is 24.0 Å². The van der Waals surface area contributed by atoms with Crippen molar-refractivity contribution in [2.75, 3.05) is 7.11 Å². The molecule has 0 radical (unpaired) electrons. The largest absolute Gasteiger partial charge is 0.500 e. The lowest BCUT2D eigenvalue weighted by Crippen LogP contribution is -2.44. The van der Waals surface area contributed by atoms with Crippen molar-refractivity contribution >= 4 is 51.9 Å². The molecule has 2 N–H and O–H groups in total. The first kappa shape index (κ1) is 20.3. The van der Waals surface area contributed by atoms with Crippen molar-refractivity contribution in [3.05, 3.63) is 68.6 Å². The number of thioether (sulfide) groups is 1. The highest BCUT2D eigenvalue weighted by atomic mass is 32.2. The van der Waals surface area contributed by atoms with E-state index in [0.717, 1.165) is 22.8 Å². The second-order valence-electron chi connectivity index (χ2n) is 5.67. The number of hydrazine groups is 1. The van der Waals surface area contributed by atoms with E-state index < -0.39 is 28.2 Å². The Hall–Kier alpha value is -3.44. The summed E-state index contributed by atoms with van der Waals surface area (Å²) in [5.41, 5.74) is 2.48. The molecule has 29 heavy (non-hydrogen) atoms. The fourth-order valence-electron chi connectivity index (χ4n) is 2.46. The molecule has 9 nitrogen and oxygen atoms in total. The number of nitrogens with zero attached hydrogens (tertiary/aromatic N) is 2. The molecule has 0 aromatic heterocycles. The quantitative estimate of drug-likeness (QED) is 0.321. The Balaban J connectivity index is 1.87. The Bertz CT molecular complexity index is 1060. The van der Waals surface area contributed by atoms with Crippen LogP contribution in [0.1, 0.15) is 15.9 Å². The number of ether oxygens (including phenoxy) is 1. The van der Waals surface area contributed by atoms with Crippen molar-refractivity contribution in [1.82, 2.24) is 10.4 Å². The minimum Gasteiger partial charge on any atom is -0.500 e. The van der Waals surface area contributed by atoms with Crippen molar-refractivity contribution in [1.29, 1.82) is 0 Å². The van der Waals surface area contributed by atoms with Crippen LogP contribution in [-0.4, -0.2) is 38.3 Å². The number of benzene rings is 2. The predicted molar refractivity (Wildman–Crippen MR) is 110 cm³/mol. The second-order valence-corrected chi connectivity index (χ2v) is 7.35. The van der Waals surface area contributed by atoms with Crippen LogP contribution in [0.5, 0.6) is 11.5 Å². The van der Waals surface area contributed by atoms with Gasteiger partial charge in [-0.05, 0) is 42.1 Å². The van der Waals surface area contributed by atoms with E-state index in [-0.39, 0.29) is 20.5 Å². The molecule has 1 saturated heterocycles. The fraction of sp³-hybridized carbons (Fsp3) is 0.0556. The van der Waals surface area contributed by atoms with Gasteiger partial charge in [0.25, 0.3) is 11.8 Å². The van der Waals surface area contributed by atoms with Gasteiger partial charge in [-0.2, -0.15) is 5.01 Å². The van der Waals surface area contributed by atoms with Crippen molar-refractivity contribution in [3.8, 4) is 11.5 Å². The first-order valence-corrected chi connectivity index (χ1v) is 9.23. The minimum absolute atomic E-state index is 0.103. The van der Waals surface area contributed by atoms with Gasteiger partial charge in [-0.15, -0.1) is 0 Å². The first-order valence-electron chi connectivity index (χ1n) is 8.01. The number of carbonyl (C=O) groups excluding carboxylic acids is 2. The number of nitro groups is 1. The van der Waals surface area contributed by atoms with Gasteiger partial charge in [0.2, 0.25) is 5.75 Å². The van der Waals surface area contributed by atoms with E-state index in [9.17, 15) is 24.8 Å². The number of phenols is 1. The van der Waals surface area contributed by atoms with Gasteiger partial charge in [-0.3, -0.25) is 25.1 Å². The summed E-state index contributed by atoms with van der Waals surface area (Å²) in [6.07, 6.45) is 1.36. The number of carbonyl (C=O) groups is 2. The van der Waals surface area contributed by atoms with E-state index in [1.807, 2.05) is 0 Å². The SMILES string of the molecule is COc1cc(C=C2SC(=S)N(NC(=O)c3ccccc3)C2=O)cc([N+](=O)[O-])c1O. The van der Waals surface area contributed by atoms with Crippen LogP contribution in [0, 0.1) is 10.1 Å². The maximum Gasteiger partial charge on any atom is 0.315 e. The predicted octanol–water partition coefficient (Wildman–Crippen LogP) is 2.86. The Morgan fingerprint density at radius 1 is 1.34 bits per heavy atom. The number of thiocarbonyl (C=S) groups is 1. The van der Waals surface area contributed by atoms with Crippen LogP contribution < -0.4 is 10.2 Å². The number of rotatable bonds is 5. The molecule has 2 aromatic carbocycles. The number of hydrogen-bond acceptors (Lipinski definition) is 8. The van der Waals surface area contributed by atoms with E-state index in [2.05, 4.69) is 5.43 Å². The summed E-state index contributed by atoms with van der Waals surface area (Å²) in [5.74, 6) is -1.82. The molecule has 1 aliphatic rings. The Morgan fingerprint density at radius 3 is 2.66 bits per heavy atom. The van der Waals surface area contributed by atoms with Crippen LogP contribution in [0.3, 0.4) is 0 Å². The normalized spacial score (nSPS) is 14.9. The van der Waals surface area contributed by atoms with Gasteiger partial charge in [0.15, 0.2) is 10.1 Å². The third-order valence-electron chi connectivity index (χ3n) is 3.83. The molecule has 2 amide bonds. The van der Waals surface area contributed by atoms with E-state index in [4.69, 9.17) is 17.0 Å². The van der Waals surface area contributed by atoms with Gasteiger partial charge in [0, 0.05) is 11.6 Å². The van der Waals surface area contributed by atoms with Crippen LogP contribution in [0.25, 0.3) is 6.08 Å². The van der Waals surface area contributed by atoms with Gasteiger partial charge in [0.05, 0.1) is 16.9 Å². The summed E-state index contributed by atoms with van der Waals surface area (Å²) < 4.78 is 5.05. The van der Waals surface area contributed by atoms with E-state index >= 15 is 0 Å². The molecule has 1 aliphatic heterocycles. The van der Waals surface area contributed by atoms with E-state index in [1.54, 1.807) is 30.3 Å². The number of amides is 2. The highest BCUT2D eigenvalue weighted by Crippen LogP contribution is 2.39. The lowest BCUT2D eigenvalue weighted by atomic mass is 10.1. The fourth-order valence-corrected chi connectivity index (χ4v) is 3.64. The summed E-state index contributed by atoms with van der Waals surface area (Å²) in [5, 5.41) is 21.9. The zero-order valence-electron chi connectivity index (χ0n) is 14.8. The number of aromatic hydroxyl groups is 1. The topological polar surface area (TPSA) is 122 Å². The number of nitro benzene ring substituents is 1. The molecule has 0 spiro atoms. The Kier molecular flexibility index (Phi) is 5.80. The zero-order chi connectivity index (χ0) is 21.1. The average molecular weight is 431 g/mol. The minimum atomic E-state index is -0.763. The summed E-state index contributed by atoms with van der Waals surface area (Å²) in [4.78, 5) is 35.4. The molecule has 3 rings (SSSR count). The third-order valence-corrected chi connectivity index (χ3v) is 5.14. The molecule has 11 heteroatoms. The molecule has 1 fully saturated rings. The van der Waals surface area contributed by atoms with Crippen molar-refractivity contribution in [3.63, 3.8) is 0 Å². The maximum atomic E-state index is 12.6. The highest BCUT2D eigenvalue weighted by Gasteiger charge is 2.34. The summed E-state index contributed by atoms with van der Waals surface area (Å²) >= 11 is 6.08. The lowest BCUT2D eigenvalue weighted by molar-refractivity contribution is -0.386. The molecule has 1 heterocycles. The Morgan fingerprint density at radius 2 is 2.03 bits per heavy atom. The molecule has 0 bridgehead atoms. The zero-order valence-corrected chi connectivity index (χ0v) is 16.5. The number of phenolic OH excluding ortho intramolecular Hbond substituents is 1. The lowest BCUT2D eigenvalue weighted by Gasteiger charge is -2.15. The van der Waals surface area contributed by atoms with Crippen LogP contribution in [-0.2, 0) is 4.79 Å². The van der Waals surface area contributed by atoms with Crippen LogP contribution in [0.15, 0.2) is 47.4 Å². The van der Waals surface area contributed by atoms with Crippen LogP contribution in [0.2, 0.25) is 0 Å². The summed E-state index contributed by atoms with van der Waals surface area (Å²) in [6.45, 7) is 0. The van der Waals surface area contributed by atoms with Gasteiger partial charge in [-0.1, -0.05) is 30.0 Å². The Labute approximate surface area is 174 Å². The molecule has 0 aliphatic carbocycles. The van der Waals surface area contributed by atoms with Gasteiger partial charge in [-0.25, -0.2) is 0 Å². The third kappa shape index (κ3) is 4.20. The van der Waals surface area contributed by atoms with Crippen LogP contribution in [0.4, 0.5) is 5.69 Å². The van der Waals surface area contributed by atoms with Crippen molar-refractivity contribution in [2.45, 2.75) is 0 Å². The van der Waals surface area contributed by atoms with E-state index in [0.29, 0.717) is 5.56 Å². The summed E-state index contributed by atoms with van der Waals surface area (Å²) in [6, 6.07) is 10.7. The highest BCUT2D eigenvalue weighted by molar-refractivity contribution is 8.26.